The van der Waals surface area contributed by atoms with Gasteiger partial charge in [-0.25, -0.2) is 4.99 Å². The average molecular weight is 292 g/mol. The second-order valence-corrected chi connectivity index (χ2v) is 5.62. The third-order valence-corrected chi connectivity index (χ3v) is 3.89. The van der Waals surface area contributed by atoms with Gasteiger partial charge in [-0.3, -0.25) is 4.99 Å². The number of aliphatic imine (C=N–C) groups is 2. The molecule has 3 nitrogen and oxygen atoms in total. The second kappa shape index (κ2) is 3.67. The maximum atomic E-state index is 5.90. The number of amidine groups is 1. The Morgan fingerprint density at radius 2 is 2.12 bits per heavy atom. The summed E-state index contributed by atoms with van der Waals surface area (Å²) in [5, 5.41) is 0. The highest BCUT2D eigenvalue weighted by molar-refractivity contribution is 9.10. The van der Waals surface area contributed by atoms with Crippen LogP contribution in [-0.4, -0.2) is 11.5 Å². The van der Waals surface area contributed by atoms with E-state index in [4.69, 9.17) is 10.7 Å². The summed E-state index contributed by atoms with van der Waals surface area (Å²) in [7, 11) is 0. The maximum Gasteiger partial charge on any atom is 0.181 e. The summed E-state index contributed by atoms with van der Waals surface area (Å²) in [5.41, 5.74) is 7.45. The molecule has 1 aliphatic heterocycles. The smallest absolute Gasteiger partial charge is 0.181 e. The average Bonchev–Trinajstić information content (AvgIpc) is 3.08. The zero-order valence-electron chi connectivity index (χ0n) is 9.65. The Labute approximate surface area is 109 Å². The lowest BCUT2D eigenvalue weighted by Gasteiger charge is -2.23. The number of rotatable bonds is 2. The lowest BCUT2D eigenvalue weighted by atomic mass is 9.96. The quantitative estimate of drug-likeness (QED) is 0.895. The van der Waals surface area contributed by atoms with Gasteiger partial charge in [0, 0.05) is 16.0 Å². The van der Waals surface area contributed by atoms with Gasteiger partial charge < -0.3 is 5.73 Å². The summed E-state index contributed by atoms with van der Waals surface area (Å²) in [4.78, 5) is 9.39. The van der Waals surface area contributed by atoms with Crippen LogP contribution in [-0.2, 0) is 5.66 Å². The van der Waals surface area contributed by atoms with Crippen molar-refractivity contribution in [3.05, 3.63) is 34.3 Å². The molecule has 17 heavy (non-hydrogen) atoms. The van der Waals surface area contributed by atoms with Crippen molar-refractivity contribution in [3.63, 3.8) is 0 Å². The van der Waals surface area contributed by atoms with E-state index in [9.17, 15) is 0 Å². The minimum atomic E-state index is -0.446. The van der Waals surface area contributed by atoms with Gasteiger partial charge in [0.25, 0.3) is 0 Å². The van der Waals surface area contributed by atoms with Crippen molar-refractivity contribution >= 4 is 27.5 Å². The fourth-order valence-electron chi connectivity index (χ4n) is 2.35. The number of hydrogen-bond acceptors (Lipinski definition) is 3. The number of nitrogens with two attached hydrogens (primary N) is 1. The molecule has 1 atom stereocenters. The van der Waals surface area contributed by atoms with E-state index in [-0.39, 0.29) is 0 Å². The summed E-state index contributed by atoms with van der Waals surface area (Å²) < 4.78 is 1.06. The summed E-state index contributed by atoms with van der Waals surface area (Å²) >= 11 is 3.50. The molecule has 0 bridgehead atoms. The zero-order valence-corrected chi connectivity index (χ0v) is 11.2. The molecule has 2 N–H and O–H groups in total. The van der Waals surface area contributed by atoms with Gasteiger partial charge in [0.1, 0.15) is 5.84 Å². The predicted octanol–water partition coefficient (Wildman–Crippen LogP) is 2.84. The summed E-state index contributed by atoms with van der Waals surface area (Å²) in [6, 6.07) is 8.22. The SMILES string of the molecule is CC1=N[C@@](c2cccc(Br)c2)(C2CC2)N=C1N. The van der Waals surface area contributed by atoms with Gasteiger partial charge in [0.05, 0.1) is 5.71 Å². The molecule has 0 spiro atoms. The van der Waals surface area contributed by atoms with E-state index in [2.05, 4.69) is 33.1 Å². The molecule has 1 heterocycles. The van der Waals surface area contributed by atoms with Gasteiger partial charge in [-0.15, -0.1) is 0 Å². The number of benzene rings is 1. The van der Waals surface area contributed by atoms with E-state index in [1.165, 1.54) is 12.8 Å². The standard InChI is InChI=1S/C13H14BrN3/c1-8-12(15)17-13(16-8,9-5-6-9)10-3-2-4-11(14)7-10/h2-4,7,9H,5-6H2,1H3,(H2,15,17)/t13-/m0/s1. The molecular formula is C13H14BrN3. The Kier molecular flexibility index (Phi) is 2.36. The Morgan fingerprint density at radius 3 is 2.65 bits per heavy atom. The Bertz CT molecular complexity index is 511. The molecule has 3 rings (SSSR count). The molecule has 0 unspecified atom stereocenters. The van der Waals surface area contributed by atoms with Crippen LogP contribution < -0.4 is 5.73 Å². The van der Waals surface area contributed by atoms with Gasteiger partial charge in [-0.1, -0.05) is 28.1 Å². The minimum Gasteiger partial charge on any atom is -0.382 e. The zero-order chi connectivity index (χ0) is 12.0. The first-order valence-electron chi connectivity index (χ1n) is 5.80. The molecular weight excluding hydrogens is 278 g/mol. The molecule has 1 aromatic rings. The van der Waals surface area contributed by atoms with Crippen LogP contribution >= 0.6 is 15.9 Å². The number of halogens is 1. The van der Waals surface area contributed by atoms with Gasteiger partial charge in [-0.05, 0) is 31.9 Å². The molecule has 1 saturated carbocycles. The summed E-state index contributed by atoms with van der Waals surface area (Å²) in [5.74, 6) is 1.09. The number of hydrogen-bond donors (Lipinski definition) is 1. The van der Waals surface area contributed by atoms with Crippen LogP contribution in [0.4, 0.5) is 0 Å². The van der Waals surface area contributed by atoms with Crippen LogP contribution in [0.5, 0.6) is 0 Å². The minimum absolute atomic E-state index is 0.446. The fraction of sp³-hybridized carbons (Fsp3) is 0.385. The first-order valence-corrected chi connectivity index (χ1v) is 6.59. The highest BCUT2D eigenvalue weighted by Crippen LogP contribution is 2.51. The highest BCUT2D eigenvalue weighted by atomic mass is 79.9. The molecule has 0 aromatic heterocycles. The fourth-order valence-corrected chi connectivity index (χ4v) is 2.75. The molecule has 0 amide bonds. The Balaban J connectivity index is 2.14. The van der Waals surface area contributed by atoms with Crippen LogP contribution in [0.3, 0.4) is 0 Å². The third-order valence-electron chi connectivity index (χ3n) is 3.40. The van der Waals surface area contributed by atoms with Crippen molar-refractivity contribution in [2.45, 2.75) is 25.4 Å². The van der Waals surface area contributed by atoms with Crippen LogP contribution in [0.25, 0.3) is 0 Å². The lowest BCUT2D eigenvalue weighted by Crippen LogP contribution is -2.23. The van der Waals surface area contributed by atoms with Crippen molar-refractivity contribution in [1.29, 1.82) is 0 Å². The van der Waals surface area contributed by atoms with E-state index < -0.39 is 5.66 Å². The van der Waals surface area contributed by atoms with Crippen molar-refractivity contribution in [2.75, 3.05) is 0 Å². The van der Waals surface area contributed by atoms with Crippen LogP contribution in [0.2, 0.25) is 0 Å². The van der Waals surface area contributed by atoms with E-state index >= 15 is 0 Å². The van der Waals surface area contributed by atoms with Crippen molar-refractivity contribution in [3.8, 4) is 0 Å². The summed E-state index contributed by atoms with van der Waals surface area (Å²) in [6.07, 6.45) is 2.36. The first-order chi connectivity index (χ1) is 8.12. The van der Waals surface area contributed by atoms with Crippen molar-refractivity contribution in [1.82, 2.24) is 0 Å². The molecule has 4 heteroatoms. The monoisotopic (exact) mass is 291 g/mol. The van der Waals surface area contributed by atoms with Gasteiger partial charge >= 0.3 is 0 Å². The highest BCUT2D eigenvalue weighted by Gasteiger charge is 2.49. The van der Waals surface area contributed by atoms with Crippen LogP contribution in [0.15, 0.2) is 38.7 Å². The topological polar surface area (TPSA) is 50.7 Å². The Morgan fingerprint density at radius 1 is 1.35 bits per heavy atom. The van der Waals surface area contributed by atoms with E-state index in [1.807, 2.05) is 19.1 Å². The van der Waals surface area contributed by atoms with E-state index in [1.54, 1.807) is 0 Å². The van der Waals surface area contributed by atoms with E-state index in [0.29, 0.717) is 11.8 Å². The molecule has 1 aromatic carbocycles. The lowest BCUT2D eigenvalue weighted by molar-refractivity contribution is 0.417. The van der Waals surface area contributed by atoms with Gasteiger partial charge in [-0.2, -0.15) is 0 Å². The second-order valence-electron chi connectivity index (χ2n) is 4.71. The van der Waals surface area contributed by atoms with Crippen LogP contribution in [0.1, 0.15) is 25.3 Å². The van der Waals surface area contributed by atoms with Crippen molar-refractivity contribution < 1.29 is 0 Å². The molecule has 1 aliphatic carbocycles. The molecule has 2 aliphatic rings. The Hall–Kier alpha value is -1.16. The normalized spacial score (nSPS) is 27.9. The maximum absolute atomic E-state index is 5.90. The molecule has 88 valence electrons. The number of nitrogens with zero attached hydrogens (tertiary/aromatic N) is 2. The molecule has 1 fully saturated rings. The summed E-state index contributed by atoms with van der Waals surface area (Å²) in [6.45, 7) is 1.93. The van der Waals surface area contributed by atoms with Crippen molar-refractivity contribution in [2.24, 2.45) is 21.6 Å². The first kappa shape index (κ1) is 11.0. The van der Waals surface area contributed by atoms with E-state index in [0.717, 1.165) is 15.7 Å². The van der Waals surface area contributed by atoms with Crippen LogP contribution in [0, 0.1) is 5.92 Å². The molecule has 0 saturated heterocycles. The third kappa shape index (κ3) is 1.71. The molecule has 0 radical (unpaired) electrons. The predicted molar refractivity (Wildman–Crippen MR) is 73.3 cm³/mol. The van der Waals surface area contributed by atoms with Gasteiger partial charge in [0.2, 0.25) is 0 Å². The van der Waals surface area contributed by atoms with Gasteiger partial charge in [0.15, 0.2) is 5.66 Å². The largest absolute Gasteiger partial charge is 0.382 e.